The van der Waals surface area contributed by atoms with Crippen LogP contribution in [-0.2, 0) is 6.54 Å². The molecule has 1 heterocycles. The zero-order valence-electron chi connectivity index (χ0n) is 9.36. The predicted octanol–water partition coefficient (Wildman–Crippen LogP) is 1.98. The minimum absolute atomic E-state index is 0.347. The molecule has 3 nitrogen and oxygen atoms in total. The molecule has 1 fully saturated rings. The molecule has 0 bridgehead atoms. The highest BCUT2D eigenvalue weighted by Crippen LogP contribution is 2.24. The van der Waals surface area contributed by atoms with Gasteiger partial charge in [-0.3, -0.25) is 4.90 Å². The van der Waals surface area contributed by atoms with Crippen molar-refractivity contribution in [1.29, 1.82) is 0 Å². The Labute approximate surface area is 91.2 Å². The van der Waals surface area contributed by atoms with Gasteiger partial charge in [-0.05, 0) is 31.5 Å². The summed E-state index contributed by atoms with van der Waals surface area (Å²) in [5, 5.41) is 0. The van der Waals surface area contributed by atoms with E-state index in [1.165, 1.54) is 19.3 Å². The topological polar surface area (TPSA) is 42.4 Å². The van der Waals surface area contributed by atoms with Crippen molar-refractivity contribution in [1.82, 2.24) is 4.90 Å². The van der Waals surface area contributed by atoms with Crippen molar-refractivity contribution in [2.24, 2.45) is 5.73 Å². The van der Waals surface area contributed by atoms with Crippen LogP contribution in [0.25, 0.3) is 0 Å². The van der Waals surface area contributed by atoms with E-state index in [1.807, 2.05) is 12.1 Å². The standard InChI is InChI=1S/C12H20N2O/c1-2-14(9-10-5-4-8-15-10)12-7-3-6-11(12)13/h4-5,8,11-12H,2-3,6-7,9,13H2,1H3. The molecular formula is C12H20N2O. The zero-order chi connectivity index (χ0) is 10.7. The Morgan fingerprint density at radius 1 is 1.53 bits per heavy atom. The highest BCUT2D eigenvalue weighted by atomic mass is 16.3. The lowest BCUT2D eigenvalue weighted by Crippen LogP contribution is -2.43. The maximum Gasteiger partial charge on any atom is 0.117 e. The van der Waals surface area contributed by atoms with E-state index in [1.54, 1.807) is 6.26 Å². The molecule has 0 aliphatic heterocycles. The second-order valence-corrected chi connectivity index (χ2v) is 4.30. The minimum Gasteiger partial charge on any atom is -0.468 e. The van der Waals surface area contributed by atoms with Gasteiger partial charge in [0.2, 0.25) is 0 Å². The lowest BCUT2D eigenvalue weighted by Gasteiger charge is -2.29. The number of rotatable bonds is 4. The van der Waals surface area contributed by atoms with Gasteiger partial charge in [-0.1, -0.05) is 13.3 Å². The summed E-state index contributed by atoms with van der Waals surface area (Å²) in [4.78, 5) is 2.43. The molecule has 2 N–H and O–H groups in total. The summed E-state index contributed by atoms with van der Waals surface area (Å²) in [5.74, 6) is 1.04. The van der Waals surface area contributed by atoms with E-state index in [4.69, 9.17) is 10.2 Å². The van der Waals surface area contributed by atoms with Gasteiger partial charge in [-0.15, -0.1) is 0 Å². The molecule has 15 heavy (non-hydrogen) atoms. The van der Waals surface area contributed by atoms with Gasteiger partial charge in [0, 0.05) is 12.1 Å². The van der Waals surface area contributed by atoms with Crippen LogP contribution < -0.4 is 5.73 Å². The average Bonchev–Trinajstić information content (AvgIpc) is 2.85. The molecular weight excluding hydrogens is 188 g/mol. The second kappa shape index (κ2) is 4.81. The number of nitrogens with zero attached hydrogens (tertiary/aromatic N) is 1. The summed E-state index contributed by atoms with van der Waals surface area (Å²) in [6.45, 7) is 4.12. The first kappa shape index (κ1) is 10.7. The van der Waals surface area contributed by atoms with Gasteiger partial charge in [0.1, 0.15) is 5.76 Å². The molecule has 1 aliphatic carbocycles. The van der Waals surface area contributed by atoms with E-state index in [-0.39, 0.29) is 0 Å². The summed E-state index contributed by atoms with van der Waals surface area (Å²) < 4.78 is 5.38. The smallest absolute Gasteiger partial charge is 0.117 e. The molecule has 1 aliphatic rings. The van der Waals surface area contributed by atoms with Crippen molar-refractivity contribution in [3.05, 3.63) is 24.2 Å². The van der Waals surface area contributed by atoms with Gasteiger partial charge < -0.3 is 10.2 Å². The van der Waals surface area contributed by atoms with E-state index >= 15 is 0 Å². The number of furan rings is 1. The first-order chi connectivity index (χ1) is 7.31. The molecule has 0 spiro atoms. The van der Waals surface area contributed by atoms with Crippen molar-refractivity contribution in [2.45, 2.75) is 44.8 Å². The average molecular weight is 208 g/mol. The zero-order valence-corrected chi connectivity index (χ0v) is 9.36. The minimum atomic E-state index is 0.347. The van der Waals surface area contributed by atoms with Crippen molar-refractivity contribution >= 4 is 0 Å². The molecule has 0 radical (unpaired) electrons. The van der Waals surface area contributed by atoms with Crippen LogP contribution in [0.4, 0.5) is 0 Å². The van der Waals surface area contributed by atoms with Gasteiger partial charge in [0.05, 0.1) is 12.8 Å². The summed E-state index contributed by atoms with van der Waals surface area (Å²) in [6, 6.07) is 4.86. The van der Waals surface area contributed by atoms with Gasteiger partial charge in [0.25, 0.3) is 0 Å². The maximum absolute atomic E-state index is 6.11. The van der Waals surface area contributed by atoms with E-state index < -0.39 is 0 Å². The molecule has 2 rings (SSSR count). The predicted molar refractivity (Wildman–Crippen MR) is 60.4 cm³/mol. The van der Waals surface area contributed by atoms with Gasteiger partial charge in [0.15, 0.2) is 0 Å². The molecule has 2 atom stereocenters. The molecule has 0 amide bonds. The van der Waals surface area contributed by atoms with Crippen molar-refractivity contribution in [3.63, 3.8) is 0 Å². The molecule has 1 saturated carbocycles. The third-order valence-corrected chi connectivity index (χ3v) is 3.35. The summed E-state index contributed by atoms with van der Waals surface area (Å²) >= 11 is 0. The van der Waals surface area contributed by atoms with Gasteiger partial charge in [-0.2, -0.15) is 0 Å². The Balaban J connectivity index is 1.97. The Kier molecular flexibility index (Phi) is 3.44. The van der Waals surface area contributed by atoms with Crippen LogP contribution in [0.1, 0.15) is 31.9 Å². The molecule has 3 heteroatoms. The fraction of sp³-hybridized carbons (Fsp3) is 0.667. The monoisotopic (exact) mass is 208 g/mol. The van der Waals surface area contributed by atoms with Crippen LogP contribution in [0.2, 0.25) is 0 Å². The number of likely N-dealkylation sites (N-methyl/N-ethyl adjacent to an activating group) is 1. The van der Waals surface area contributed by atoms with Crippen molar-refractivity contribution < 1.29 is 4.42 Å². The fourth-order valence-electron chi connectivity index (χ4n) is 2.49. The Bertz CT molecular complexity index is 284. The van der Waals surface area contributed by atoms with Gasteiger partial charge in [-0.25, -0.2) is 0 Å². The summed E-state index contributed by atoms with van der Waals surface area (Å²) in [6.07, 6.45) is 5.40. The Hall–Kier alpha value is -0.800. The first-order valence-corrected chi connectivity index (χ1v) is 5.83. The van der Waals surface area contributed by atoms with E-state index in [9.17, 15) is 0 Å². The lowest BCUT2D eigenvalue weighted by atomic mass is 10.1. The molecule has 2 unspecified atom stereocenters. The van der Waals surface area contributed by atoms with Crippen LogP contribution in [-0.4, -0.2) is 23.5 Å². The van der Waals surface area contributed by atoms with Gasteiger partial charge >= 0.3 is 0 Å². The van der Waals surface area contributed by atoms with E-state index in [2.05, 4.69) is 11.8 Å². The number of hydrogen-bond donors (Lipinski definition) is 1. The molecule has 1 aromatic heterocycles. The van der Waals surface area contributed by atoms with Crippen LogP contribution in [0, 0.1) is 0 Å². The van der Waals surface area contributed by atoms with Crippen LogP contribution >= 0.6 is 0 Å². The largest absolute Gasteiger partial charge is 0.468 e. The fourth-order valence-corrected chi connectivity index (χ4v) is 2.49. The number of hydrogen-bond acceptors (Lipinski definition) is 3. The molecule has 0 saturated heterocycles. The van der Waals surface area contributed by atoms with E-state index in [0.717, 1.165) is 18.8 Å². The Morgan fingerprint density at radius 2 is 2.40 bits per heavy atom. The third kappa shape index (κ3) is 2.41. The molecule has 0 aromatic carbocycles. The van der Waals surface area contributed by atoms with Crippen molar-refractivity contribution in [2.75, 3.05) is 6.54 Å². The lowest BCUT2D eigenvalue weighted by molar-refractivity contribution is 0.172. The third-order valence-electron chi connectivity index (χ3n) is 3.35. The Morgan fingerprint density at radius 3 is 2.93 bits per heavy atom. The second-order valence-electron chi connectivity index (χ2n) is 4.30. The van der Waals surface area contributed by atoms with Crippen LogP contribution in [0.15, 0.2) is 22.8 Å². The highest BCUT2D eigenvalue weighted by Gasteiger charge is 2.28. The summed E-state index contributed by atoms with van der Waals surface area (Å²) in [5.41, 5.74) is 6.11. The maximum atomic E-state index is 6.11. The van der Waals surface area contributed by atoms with E-state index in [0.29, 0.717) is 12.1 Å². The quantitative estimate of drug-likeness (QED) is 0.822. The highest BCUT2D eigenvalue weighted by molar-refractivity contribution is 4.99. The van der Waals surface area contributed by atoms with Crippen molar-refractivity contribution in [3.8, 4) is 0 Å². The molecule has 84 valence electrons. The molecule has 1 aromatic rings. The SMILES string of the molecule is CCN(Cc1ccco1)C1CCCC1N. The van der Waals surface area contributed by atoms with Crippen LogP contribution in [0.3, 0.4) is 0 Å². The number of nitrogens with two attached hydrogens (primary N) is 1. The van der Waals surface area contributed by atoms with Crippen LogP contribution in [0.5, 0.6) is 0 Å². The summed E-state index contributed by atoms with van der Waals surface area (Å²) in [7, 11) is 0. The normalized spacial score (nSPS) is 26.3. The first-order valence-electron chi connectivity index (χ1n) is 5.83.